The first-order valence-corrected chi connectivity index (χ1v) is 13.0. The normalized spacial score (nSPS) is 16.9. The highest BCUT2D eigenvalue weighted by Gasteiger charge is 2.22. The quantitative estimate of drug-likeness (QED) is 0.519. The molecular formula is C29H33N5O4. The van der Waals surface area contributed by atoms with Gasteiger partial charge in [-0.3, -0.25) is 9.59 Å². The van der Waals surface area contributed by atoms with Crippen LogP contribution in [0.15, 0.2) is 55.0 Å². The van der Waals surface area contributed by atoms with Crippen LogP contribution in [0.1, 0.15) is 37.5 Å². The van der Waals surface area contributed by atoms with E-state index in [1.807, 2.05) is 30.3 Å². The Balaban J connectivity index is 1.47. The molecule has 1 saturated heterocycles. The molecule has 0 atom stereocenters. The molecule has 3 heterocycles. The number of carbonyl (C=O) groups is 2. The number of rotatable bonds is 2. The molecule has 2 bridgehead atoms. The van der Waals surface area contributed by atoms with Crippen molar-refractivity contribution in [1.29, 1.82) is 0 Å². The first kappa shape index (κ1) is 25.7. The van der Waals surface area contributed by atoms with Crippen molar-refractivity contribution in [3.05, 3.63) is 82.9 Å². The van der Waals surface area contributed by atoms with Crippen LogP contribution < -0.4 is 9.64 Å². The summed E-state index contributed by atoms with van der Waals surface area (Å²) in [6, 6.07) is 14.0. The maximum absolute atomic E-state index is 13.4. The number of ether oxygens (including phenoxy) is 2. The summed E-state index contributed by atoms with van der Waals surface area (Å²) in [6.45, 7) is 6.33. The number of hydrogen-bond acceptors (Lipinski definition) is 7. The van der Waals surface area contributed by atoms with Crippen LogP contribution in [0.5, 0.6) is 5.75 Å². The van der Waals surface area contributed by atoms with Gasteiger partial charge in [-0.1, -0.05) is 12.1 Å². The number of aromatic nitrogens is 2. The first-order valence-electron chi connectivity index (χ1n) is 13.0. The number of anilines is 1. The molecular weight excluding hydrogens is 482 g/mol. The second-order valence-corrected chi connectivity index (χ2v) is 9.66. The number of likely N-dealkylation sites (N-methyl/N-ethyl adjacent to an activating group) is 1. The van der Waals surface area contributed by atoms with Gasteiger partial charge < -0.3 is 24.2 Å². The highest BCUT2D eigenvalue weighted by Crippen LogP contribution is 2.29. The van der Waals surface area contributed by atoms with Crippen LogP contribution in [0, 0.1) is 6.92 Å². The van der Waals surface area contributed by atoms with E-state index >= 15 is 0 Å². The first-order chi connectivity index (χ1) is 18.5. The zero-order valence-corrected chi connectivity index (χ0v) is 21.9. The number of nitrogens with zero attached hydrogens (tertiary/aromatic N) is 5. The Labute approximate surface area is 223 Å². The van der Waals surface area contributed by atoms with Crippen molar-refractivity contribution in [2.45, 2.75) is 13.3 Å². The maximum atomic E-state index is 13.4. The molecule has 1 fully saturated rings. The van der Waals surface area contributed by atoms with E-state index in [0.717, 1.165) is 35.7 Å². The molecule has 9 nitrogen and oxygen atoms in total. The molecule has 1 aromatic heterocycles. The summed E-state index contributed by atoms with van der Waals surface area (Å²) in [5.41, 5.74) is 4.90. The number of hydrogen-bond donors (Lipinski definition) is 0. The summed E-state index contributed by atoms with van der Waals surface area (Å²) < 4.78 is 11.8. The highest BCUT2D eigenvalue weighted by molar-refractivity contribution is 5.95. The molecule has 198 valence electrons. The third-order valence-electron chi connectivity index (χ3n) is 7.09. The standard InChI is InChI=1S/C29H33N5O4/c1-21-26(19-30-20-31-21)29(36)34-9-8-32(2)28(35)23-5-3-4-22(16-23)17-24-18-25(33-10-13-37-14-11-33)6-7-27(24)38-15-12-34/h3-7,16,18-20H,8-15,17H2,1-2H3. The largest absolute Gasteiger partial charge is 0.491 e. The lowest BCUT2D eigenvalue weighted by molar-refractivity contribution is 0.0667. The van der Waals surface area contributed by atoms with E-state index in [9.17, 15) is 9.59 Å². The molecule has 2 aromatic carbocycles. The third kappa shape index (κ3) is 5.78. The lowest BCUT2D eigenvalue weighted by Gasteiger charge is -2.30. The number of carbonyl (C=O) groups excluding carboxylic acids is 2. The highest BCUT2D eigenvalue weighted by atomic mass is 16.5. The second kappa shape index (κ2) is 11.6. The van der Waals surface area contributed by atoms with Crippen molar-refractivity contribution in [1.82, 2.24) is 19.8 Å². The Bertz CT molecular complexity index is 1310. The van der Waals surface area contributed by atoms with Gasteiger partial charge in [0.25, 0.3) is 11.8 Å². The average molecular weight is 516 g/mol. The van der Waals surface area contributed by atoms with E-state index in [-0.39, 0.29) is 11.8 Å². The van der Waals surface area contributed by atoms with E-state index in [1.165, 1.54) is 6.33 Å². The summed E-state index contributed by atoms with van der Waals surface area (Å²) in [6.07, 6.45) is 3.60. The predicted molar refractivity (Wildman–Crippen MR) is 144 cm³/mol. The Hall–Kier alpha value is -3.98. The van der Waals surface area contributed by atoms with Crippen molar-refractivity contribution in [2.75, 3.05) is 64.5 Å². The van der Waals surface area contributed by atoms with Crippen LogP contribution in [0.3, 0.4) is 0 Å². The number of benzene rings is 2. The van der Waals surface area contributed by atoms with Gasteiger partial charge >= 0.3 is 0 Å². The van der Waals surface area contributed by atoms with Crippen LogP contribution in [-0.4, -0.2) is 91.2 Å². The molecule has 0 radical (unpaired) electrons. The van der Waals surface area contributed by atoms with Gasteiger partial charge in [-0.25, -0.2) is 9.97 Å². The molecule has 0 saturated carbocycles. The number of aryl methyl sites for hydroxylation is 1. The number of morpholine rings is 1. The minimum absolute atomic E-state index is 0.0749. The summed E-state index contributed by atoms with van der Waals surface area (Å²) >= 11 is 0. The Morgan fingerprint density at radius 1 is 0.974 bits per heavy atom. The maximum Gasteiger partial charge on any atom is 0.257 e. The molecule has 0 unspecified atom stereocenters. The molecule has 5 rings (SSSR count). The van der Waals surface area contributed by atoms with Crippen molar-refractivity contribution < 1.29 is 19.1 Å². The minimum atomic E-state index is -0.176. The Kier molecular flexibility index (Phi) is 7.83. The number of amides is 2. The summed E-state index contributed by atoms with van der Waals surface area (Å²) in [4.78, 5) is 40.6. The second-order valence-electron chi connectivity index (χ2n) is 9.66. The fourth-order valence-electron chi connectivity index (χ4n) is 4.84. The Morgan fingerprint density at radius 2 is 1.82 bits per heavy atom. The van der Waals surface area contributed by atoms with E-state index in [4.69, 9.17) is 9.47 Å². The van der Waals surface area contributed by atoms with Crippen LogP contribution >= 0.6 is 0 Å². The van der Waals surface area contributed by atoms with E-state index in [1.54, 1.807) is 30.0 Å². The molecule has 9 heteroatoms. The number of fused-ring (bicyclic) bond motifs is 3. The zero-order valence-electron chi connectivity index (χ0n) is 21.9. The molecule has 2 aliphatic rings. The minimum Gasteiger partial charge on any atom is -0.491 e. The van der Waals surface area contributed by atoms with Crippen LogP contribution in [0.4, 0.5) is 5.69 Å². The van der Waals surface area contributed by atoms with Gasteiger partial charge in [0.2, 0.25) is 0 Å². The summed E-state index contributed by atoms with van der Waals surface area (Å²) in [5, 5.41) is 0. The SMILES string of the molecule is Cc1ncncc1C(=O)N1CCOc2ccc(N3CCOCC3)cc2Cc2cccc(c2)C(=O)N(C)CC1. The average Bonchev–Trinajstić information content (AvgIpc) is 2.95. The molecule has 2 amide bonds. The molecule has 0 spiro atoms. The summed E-state index contributed by atoms with van der Waals surface area (Å²) in [7, 11) is 1.76. The smallest absolute Gasteiger partial charge is 0.257 e. The van der Waals surface area contributed by atoms with Gasteiger partial charge in [-0.15, -0.1) is 0 Å². The van der Waals surface area contributed by atoms with Gasteiger partial charge in [-0.05, 0) is 42.8 Å². The van der Waals surface area contributed by atoms with Crippen LogP contribution in [-0.2, 0) is 11.2 Å². The van der Waals surface area contributed by atoms with Crippen LogP contribution in [0.25, 0.3) is 0 Å². The van der Waals surface area contributed by atoms with Crippen LogP contribution in [0.2, 0.25) is 0 Å². The van der Waals surface area contributed by atoms with Crippen molar-refractivity contribution in [3.63, 3.8) is 0 Å². The van der Waals surface area contributed by atoms with Gasteiger partial charge in [0.1, 0.15) is 18.7 Å². The van der Waals surface area contributed by atoms with E-state index in [2.05, 4.69) is 27.0 Å². The van der Waals surface area contributed by atoms with Crippen molar-refractivity contribution >= 4 is 17.5 Å². The summed E-state index contributed by atoms with van der Waals surface area (Å²) in [5.74, 6) is 0.526. The topological polar surface area (TPSA) is 88.1 Å². The lowest BCUT2D eigenvalue weighted by Crippen LogP contribution is -2.41. The predicted octanol–water partition coefficient (Wildman–Crippen LogP) is 2.82. The molecule has 2 aliphatic heterocycles. The van der Waals surface area contributed by atoms with E-state index in [0.29, 0.717) is 62.7 Å². The van der Waals surface area contributed by atoms with Crippen molar-refractivity contribution in [3.8, 4) is 5.75 Å². The molecule has 0 N–H and O–H groups in total. The fraction of sp³-hybridized carbons (Fsp3) is 0.379. The molecule has 38 heavy (non-hydrogen) atoms. The molecule has 0 aliphatic carbocycles. The van der Waals surface area contributed by atoms with Gasteiger partial charge in [0, 0.05) is 62.7 Å². The monoisotopic (exact) mass is 515 g/mol. The fourth-order valence-corrected chi connectivity index (χ4v) is 4.84. The Morgan fingerprint density at radius 3 is 2.63 bits per heavy atom. The van der Waals surface area contributed by atoms with Gasteiger partial charge in [-0.2, -0.15) is 0 Å². The van der Waals surface area contributed by atoms with Gasteiger partial charge in [0.05, 0.1) is 31.0 Å². The molecule has 3 aromatic rings. The van der Waals surface area contributed by atoms with E-state index < -0.39 is 0 Å². The van der Waals surface area contributed by atoms with Crippen molar-refractivity contribution in [2.24, 2.45) is 0 Å². The zero-order chi connectivity index (χ0) is 26.5. The van der Waals surface area contributed by atoms with Gasteiger partial charge in [0.15, 0.2) is 0 Å². The lowest BCUT2D eigenvalue weighted by atomic mass is 10.0. The third-order valence-corrected chi connectivity index (χ3v) is 7.09.